The fourth-order valence-electron chi connectivity index (χ4n) is 5.11. The van der Waals surface area contributed by atoms with Gasteiger partial charge in [-0.25, -0.2) is 0 Å². The van der Waals surface area contributed by atoms with Gasteiger partial charge in [0.05, 0.1) is 18.0 Å². The minimum absolute atomic E-state index is 0.104. The molecule has 0 amide bonds. The summed E-state index contributed by atoms with van der Waals surface area (Å²) in [5.74, 6) is 0. The number of nitrogens with zero attached hydrogens (tertiary/aromatic N) is 2. The summed E-state index contributed by atoms with van der Waals surface area (Å²) < 4.78 is 8.88. The highest BCUT2D eigenvalue weighted by atomic mass is 16.3. The summed E-state index contributed by atoms with van der Waals surface area (Å²) in [5, 5.41) is 2.41. The Kier molecular flexibility index (Phi) is 3.74. The Bertz CT molecular complexity index is 1280. The molecule has 0 N–H and O–H groups in total. The maximum atomic E-state index is 6.76. The molecule has 0 unspecified atom stereocenters. The average Bonchev–Trinajstić information content (AvgIpc) is 3.04. The molecule has 0 aliphatic heterocycles. The van der Waals surface area contributed by atoms with Crippen LogP contribution in [-0.4, -0.2) is 4.98 Å². The van der Waals surface area contributed by atoms with Crippen LogP contribution in [0.3, 0.4) is 0 Å². The van der Waals surface area contributed by atoms with Gasteiger partial charge in [0.25, 0.3) is 0 Å². The summed E-state index contributed by atoms with van der Waals surface area (Å²) in [4.78, 5) is 4.37. The van der Waals surface area contributed by atoms with E-state index in [4.69, 9.17) is 4.42 Å². The summed E-state index contributed by atoms with van der Waals surface area (Å²) in [7, 11) is 2.06. The largest absolute Gasteiger partial charge is 0.455 e. The average molecular weight is 386 g/mol. The van der Waals surface area contributed by atoms with E-state index in [2.05, 4.69) is 75.5 Å². The SMILES string of the molecule is Cc1ccc2c(oc3c4c(ccc32)C(C)(C)CCC4(C)C)c1-c1cncc[n+]1C. The molecule has 2 aromatic heterocycles. The zero-order valence-corrected chi connectivity index (χ0v) is 18.3. The molecule has 148 valence electrons. The zero-order valence-electron chi connectivity index (χ0n) is 18.3. The summed E-state index contributed by atoms with van der Waals surface area (Å²) >= 11 is 0. The lowest BCUT2D eigenvalue weighted by molar-refractivity contribution is -0.660. The molecule has 2 heterocycles. The van der Waals surface area contributed by atoms with Gasteiger partial charge in [0.15, 0.2) is 6.20 Å². The molecular formula is C26H29N2O+. The first kappa shape index (κ1) is 18.4. The Morgan fingerprint density at radius 2 is 1.62 bits per heavy atom. The van der Waals surface area contributed by atoms with E-state index in [9.17, 15) is 0 Å². The molecule has 0 atom stereocenters. The predicted molar refractivity (Wildman–Crippen MR) is 118 cm³/mol. The third-order valence-electron chi connectivity index (χ3n) is 7.01. The molecule has 1 aliphatic rings. The van der Waals surface area contributed by atoms with E-state index in [1.165, 1.54) is 40.3 Å². The van der Waals surface area contributed by atoms with E-state index in [-0.39, 0.29) is 10.8 Å². The van der Waals surface area contributed by atoms with Crippen molar-refractivity contribution < 1.29 is 8.98 Å². The van der Waals surface area contributed by atoms with Gasteiger partial charge in [-0.15, -0.1) is 0 Å². The minimum Gasteiger partial charge on any atom is -0.455 e. The molecule has 29 heavy (non-hydrogen) atoms. The van der Waals surface area contributed by atoms with Crippen LogP contribution in [-0.2, 0) is 17.9 Å². The van der Waals surface area contributed by atoms with Gasteiger partial charge < -0.3 is 4.42 Å². The Morgan fingerprint density at radius 1 is 0.931 bits per heavy atom. The molecule has 0 spiro atoms. The van der Waals surface area contributed by atoms with Crippen LogP contribution in [0, 0.1) is 6.92 Å². The van der Waals surface area contributed by atoms with Gasteiger partial charge in [-0.05, 0) is 41.7 Å². The first-order chi connectivity index (χ1) is 13.7. The third-order valence-corrected chi connectivity index (χ3v) is 7.01. The van der Waals surface area contributed by atoms with Crippen LogP contribution in [0.1, 0.15) is 57.2 Å². The molecular weight excluding hydrogens is 356 g/mol. The molecule has 0 bridgehead atoms. The smallest absolute Gasteiger partial charge is 0.234 e. The normalized spacial score (nSPS) is 17.6. The highest BCUT2D eigenvalue weighted by molar-refractivity contribution is 6.11. The lowest BCUT2D eigenvalue weighted by Gasteiger charge is -2.41. The summed E-state index contributed by atoms with van der Waals surface area (Å²) in [6, 6.07) is 9.03. The molecule has 3 heteroatoms. The van der Waals surface area contributed by atoms with Crippen molar-refractivity contribution in [2.45, 2.75) is 58.3 Å². The Morgan fingerprint density at radius 3 is 2.38 bits per heavy atom. The molecule has 5 rings (SSSR count). The number of hydrogen-bond donors (Lipinski definition) is 0. The van der Waals surface area contributed by atoms with Crippen molar-refractivity contribution in [1.29, 1.82) is 0 Å². The quantitative estimate of drug-likeness (QED) is 0.369. The van der Waals surface area contributed by atoms with Crippen LogP contribution in [0.15, 0.2) is 47.3 Å². The Balaban J connectivity index is 1.93. The number of rotatable bonds is 1. The lowest BCUT2D eigenvalue weighted by atomic mass is 9.63. The first-order valence-corrected chi connectivity index (χ1v) is 10.5. The second-order valence-electron chi connectivity index (χ2n) is 9.94. The maximum absolute atomic E-state index is 6.76. The van der Waals surface area contributed by atoms with Crippen molar-refractivity contribution in [3.63, 3.8) is 0 Å². The van der Waals surface area contributed by atoms with E-state index in [0.29, 0.717) is 0 Å². The van der Waals surface area contributed by atoms with Gasteiger partial charge in [-0.3, -0.25) is 4.98 Å². The van der Waals surface area contributed by atoms with Gasteiger partial charge in [-0.1, -0.05) is 52.0 Å². The maximum Gasteiger partial charge on any atom is 0.234 e. The number of benzene rings is 2. The summed E-state index contributed by atoms with van der Waals surface area (Å²) in [5.41, 5.74) is 8.54. The van der Waals surface area contributed by atoms with E-state index < -0.39 is 0 Å². The topological polar surface area (TPSA) is 29.9 Å². The highest BCUT2D eigenvalue weighted by Crippen LogP contribution is 2.50. The molecule has 4 aromatic rings. The van der Waals surface area contributed by atoms with Crippen molar-refractivity contribution in [2.75, 3.05) is 0 Å². The van der Waals surface area contributed by atoms with Crippen LogP contribution in [0.25, 0.3) is 33.2 Å². The van der Waals surface area contributed by atoms with Gasteiger partial charge in [0.1, 0.15) is 18.2 Å². The number of aromatic nitrogens is 2. The van der Waals surface area contributed by atoms with Crippen molar-refractivity contribution in [3.05, 3.63) is 59.5 Å². The van der Waals surface area contributed by atoms with E-state index in [0.717, 1.165) is 22.4 Å². The number of hydrogen-bond acceptors (Lipinski definition) is 2. The fourth-order valence-corrected chi connectivity index (χ4v) is 5.11. The van der Waals surface area contributed by atoms with Gasteiger partial charge in [0, 0.05) is 16.3 Å². The third kappa shape index (κ3) is 2.56. The number of aryl methyl sites for hydroxylation is 2. The van der Waals surface area contributed by atoms with E-state index in [1.54, 1.807) is 0 Å². The summed E-state index contributed by atoms with van der Waals surface area (Å²) in [6.07, 6.45) is 8.11. The van der Waals surface area contributed by atoms with Gasteiger partial charge in [-0.2, -0.15) is 4.57 Å². The Hall–Kier alpha value is -2.68. The fraction of sp³-hybridized carbons (Fsp3) is 0.385. The van der Waals surface area contributed by atoms with Crippen molar-refractivity contribution in [1.82, 2.24) is 4.98 Å². The van der Waals surface area contributed by atoms with Crippen molar-refractivity contribution >= 4 is 21.9 Å². The molecule has 2 aromatic carbocycles. The molecule has 1 aliphatic carbocycles. The molecule has 0 fully saturated rings. The zero-order chi connectivity index (χ0) is 20.6. The second-order valence-corrected chi connectivity index (χ2v) is 9.94. The monoisotopic (exact) mass is 385 g/mol. The van der Waals surface area contributed by atoms with Crippen LogP contribution in [0.4, 0.5) is 0 Å². The standard InChI is InChI=1S/C26H29N2O/c1-16-7-8-17-18-9-10-19-22(26(4,5)12-11-25(19,2)3)24(18)29-23(17)21(16)20-15-27-13-14-28(20)6/h7-10,13-15H,11-12H2,1-6H3/q+1. The predicted octanol–water partition coefficient (Wildman–Crippen LogP) is 6.13. The minimum atomic E-state index is 0.104. The number of furan rings is 1. The Labute approximate surface area is 172 Å². The molecule has 0 radical (unpaired) electrons. The van der Waals surface area contributed by atoms with Crippen LogP contribution in [0.2, 0.25) is 0 Å². The van der Waals surface area contributed by atoms with E-state index in [1.807, 2.05) is 18.6 Å². The van der Waals surface area contributed by atoms with Crippen molar-refractivity contribution in [2.24, 2.45) is 7.05 Å². The second kappa shape index (κ2) is 5.91. The van der Waals surface area contributed by atoms with Crippen LogP contribution < -0.4 is 4.57 Å². The number of fused-ring (bicyclic) bond motifs is 5. The molecule has 0 saturated heterocycles. The van der Waals surface area contributed by atoms with Crippen LogP contribution in [0.5, 0.6) is 0 Å². The first-order valence-electron chi connectivity index (χ1n) is 10.5. The van der Waals surface area contributed by atoms with Crippen LogP contribution >= 0.6 is 0 Å². The van der Waals surface area contributed by atoms with Gasteiger partial charge >= 0.3 is 0 Å². The van der Waals surface area contributed by atoms with Crippen molar-refractivity contribution in [3.8, 4) is 11.3 Å². The summed E-state index contributed by atoms with van der Waals surface area (Å²) in [6.45, 7) is 11.6. The highest BCUT2D eigenvalue weighted by Gasteiger charge is 2.39. The molecule has 0 saturated carbocycles. The van der Waals surface area contributed by atoms with E-state index >= 15 is 0 Å². The molecule has 3 nitrogen and oxygen atoms in total. The van der Waals surface area contributed by atoms with Gasteiger partial charge in [0.2, 0.25) is 5.69 Å². The lowest BCUT2D eigenvalue weighted by Crippen LogP contribution is -2.33.